The van der Waals surface area contributed by atoms with E-state index in [9.17, 15) is 19.8 Å². The standard InChI is InChI=1S/C30H22N4O4/c35-27-15-23-7-3-1-5-21(23)13-25(27)17-31-33-29(37)19-9-11-20(12-10-19)30(38)34-32-18-26-14-22-6-2-4-8-24(22)16-28(26)36/h1-18,35-36H,(H,33,37)(H,34,38)/b31-17+,32-18+. The lowest BCUT2D eigenvalue weighted by atomic mass is 10.1. The first-order valence-corrected chi connectivity index (χ1v) is 11.7. The SMILES string of the molecule is O=C(N/N=C/c1cc2ccccc2cc1O)c1ccc(C(=O)N/N=C/c2cc3ccccc3cc2O)cc1. The molecule has 2 amide bonds. The molecular formula is C30H22N4O4. The number of hydrogen-bond donors (Lipinski definition) is 4. The second-order valence-corrected chi connectivity index (χ2v) is 8.49. The first kappa shape index (κ1) is 24.2. The number of nitrogens with one attached hydrogen (secondary N) is 2. The number of carbonyl (C=O) groups is 2. The van der Waals surface area contributed by atoms with Gasteiger partial charge in [0.25, 0.3) is 11.8 Å². The summed E-state index contributed by atoms with van der Waals surface area (Å²) in [7, 11) is 0. The molecule has 5 aromatic carbocycles. The first-order chi connectivity index (χ1) is 18.5. The molecule has 0 aliphatic carbocycles. The molecule has 0 radical (unpaired) electrons. The highest BCUT2D eigenvalue weighted by Gasteiger charge is 2.09. The van der Waals surface area contributed by atoms with Gasteiger partial charge in [0.1, 0.15) is 11.5 Å². The molecule has 186 valence electrons. The number of hydrazone groups is 2. The van der Waals surface area contributed by atoms with Gasteiger partial charge in [-0.2, -0.15) is 10.2 Å². The Morgan fingerprint density at radius 3 is 1.26 bits per heavy atom. The fraction of sp³-hybridized carbons (Fsp3) is 0. The van der Waals surface area contributed by atoms with Crippen LogP contribution in [0.4, 0.5) is 0 Å². The van der Waals surface area contributed by atoms with Crippen molar-refractivity contribution < 1.29 is 19.8 Å². The Kier molecular flexibility index (Phi) is 6.77. The maximum atomic E-state index is 12.4. The number of fused-ring (bicyclic) bond motifs is 2. The predicted octanol–water partition coefficient (Wildman–Crippen LogP) is 4.93. The Balaban J connectivity index is 1.19. The summed E-state index contributed by atoms with van der Waals surface area (Å²) in [5.74, 6) is -0.845. The van der Waals surface area contributed by atoms with Crippen molar-refractivity contribution in [3.05, 3.63) is 119 Å². The number of benzene rings is 5. The van der Waals surface area contributed by atoms with Crippen LogP contribution in [0.3, 0.4) is 0 Å². The number of rotatable bonds is 6. The molecule has 0 heterocycles. The van der Waals surface area contributed by atoms with Gasteiger partial charge < -0.3 is 10.2 Å². The summed E-state index contributed by atoms with van der Waals surface area (Å²) >= 11 is 0. The molecule has 0 atom stereocenters. The molecule has 5 aromatic rings. The number of carbonyl (C=O) groups excluding carboxylic acids is 2. The Morgan fingerprint density at radius 2 is 0.895 bits per heavy atom. The molecule has 0 aliphatic rings. The van der Waals surface area contributed by atoms with Gasteiger partial charge >= 0.3 is 0 Å². The van der Waals surface area contributed by atoms with Gasteiger partial charge in [0.05, 0.1) is 12.4 Å². The van der Waals surface area contributed by atoms with Crippen molar-refractivity contribution in [2.45, 2.75) is 0 Å². The highest BCUT2D eigenvalue weighted by molar-refractivity contribution is 5.99. The lowest BCUT2D eigenvalue weighted by Gasteiger charge is -2.05. The third-order valence-electron chi connectivity index (χ3n) is 5.94. The number of aromatic hydroxyl groups is 2. The zero-order valence-electron chi connectivity index (χ0n) is 20.0. The summed E-state index contributed by atoms with van der Waals surface area (Å²) in [5.41, 5.74) is 6.35. The van der Waals surface area contributed by atoms with E-state index in [1.807, 2.05) is 48.5 Å². The number of hydrogen-bond acceptors (Lipinski definition) is 6. The average molecular weight is 503 g/mol. The lowest BCUT2D eigenvalue weighted by Crippen LogP contribution is -2.19. The monoisotopic (exact) mass is 502 g/mol. The molecule has 0 fully saturated rings. The lowest BCUT2D eigenvalue weighted by molar-refractivity contribution is 0.0943. The molecule has 5 rings (SSSR count). The molecule has 38 heavy (non-hydrogen) atoms. The fourth-order valence-corrected chi connectivity index (χ4v) is 3.92. The summed E-state index contributed by atoms with van der Waals surface area (Å²) in [6, 6.07) is 28.0. The van der Waals surface area contributed by atoms with Crippen molar-refractivity contribution in [2.24, 2.45) is 10.2 Å². The smallest absolute Gasteiger partial charge is 0.271 e. The van der Waals surface area contributed by atoms with Crippen LogP contribution in [0.5, 0.6) is 11.5 Å². The van der Waals surface area contributed by atoms with Crippen molar-refractivity contribution in [1.29, 1.82) is 0 Å². The Morgan fingerprint density at radius 1 is 0.553 bits per heavy atom. The largest absolute Gasteiger partial charge is 0.507 e. The molecule has 0 saturated heterocycles. The molecule has 8 heteroatoms. The number of amides is 2. The van der Waals surface area contributed by atoms with Crippen molar-refractivity contribution in [3.63, 3.8) is 0 Å². The second kappa shape index (κ2) is 10.6. The number of phenolic OH excluding ortho intramolecular Hbond substituents is 2. The van der Waals surface area contributed by atoms with Gasteiger partial charge in [-0.1, -0.05) is 48.5 Å². The molecule has 0 aromatic heterocycles. The maximum absolute atomic E-state index is 12.4. The summed E-state index contributed by atoms with van der Waals surface area (Å²) in [6.07, 6.45) is 2.74. The van der Waals surface area contributed by atoms with Crippen LogP contribution in [0, 0.1) is 0 Å². The van der Waals surface area contributed by atoms with Crippen LogP contribution in [-0.2, 0) is 0 Å². The summed E-state index contributed by atoms with van der Waals surface area (Å²) in [6.45, 7) is 0. The van der Waals surface area contributed by atoms with E-state index in [2.05, 4.69) is 21.1 Å². The van der Waals surface area contributed by atoms with Gasteiger partial charge in [-0.3, -0.25) is 9.59 Å². The van der Waals surface area contributed by atoms with Crippen molar-refractivity contribution in [3.8, 4) is 11.5 Å². The minimum atomic E-state index is -0.474. The van der Waals surface area contributed by atoms with Crippen LogP contribution in [0.1, 0.15) is 31.8 Å². The molecule has 0 unspecified atom stereocenters. The van der Waals surface area contributed by atoms with Gasteiger partial charge in [0, 0.05) is 22.3 Å². The van der Waals surface area contributed by atoms with Gasteiger partial charge in [-0.05, 0) is 70.1 Å². The van der Waals surface area contributed by atoms with Crippen LogP contribution < -0.4 is 10.9 Å². The predicted molar refractivity (Wildman–Crippen MR) is 148 cm³/mol. The molecule has 0 spiro atoms. The zero-order valence-corrected chi connectivity index (χ0v) is 20.0. The molecule has 0 saturated carbocycles. The Hall–Kier alpha value is -5.50. The summed E-state index contributed by atoms with van der Waals surface area (Å²) in [4.78, 5) is 24.9. The third kappa shape index (κ3) is 5.34. The third-order valence-corrected chi connectivity index (χ3v) is 5.94. The van der Waals surface area contributed by atoms with Crippen LogP contribution in [0.2, 0.25) is 0 Å². The van der Waals surface area contributed by atoms with Crippen molar-refractivity contribution in [2.75, 3.05) is 0 Å². The van der Waals surface area contributed by atoms with Gasteiger partial charge in [-0.15, -0.1) is 0 Å². The van der Waals surface area contributed by atoms with Gasteiger partial charge in [0.15, 0.2) is 0 Å². The van der Waals surface area contributed by atoms with E-state index in [-0.39, 0.29) is 11.5 Å². The quantitative estimate of drug-likeness (QED) is 0.194. The molecule has 0 bridgehead atoms. The normalized spacial score (nSPS) is 11.4. The first-order valence-electron chi connectivity index (χ1n) is 11.7. The van der Waals surface area contributed by atoms with Crippen molar-refractivity contribution in [1.82, 2.24) is 10.9 Å². The van der Waals surface area contributed by atoms with E-state index in [0.29, 0.717) is 22.3 Å². The zero-order chi connectivity index (χ0) is 26.5. The van der Waals surface area contributed by atoms with Crippen LogP contribution >= 0.6 is 0 Å². The Bertz CT molecular complexity index is 1600. The van der Waals surface area contributed by atoms with Gasteiger partial charge in [-0.25, -0.2) is 10.9 Å². The number of phenols is 2. The van der Waals surface area contributed by atoms with E-state index < -0.39 is 11.8 Å². The molecular weight excluding hydrogens is 480 g/mol. The number of nitrogens with zero attached hydrogens (tertiary/aromatic N) is 2. The van der Waals surface area contributed by atoms with Crippen LogP contribution in [-0.4, -0.2) is 34.5 Å². The van der Waals surface area contributed by atoms with E-state index in [1.165, 1.54) is 36.7 Å². The minimum Gasteiger partial charge on any atom is -0.507 e. The molecule has 8 nitrogen and oxygen atoms in total. The second-order valence-electron chi connectivity index (χ2n) is 8.49. The van der Waals surface area contributed by atoms with Gasteiger partial charge in [0.2, 0.25) is 0 Å². The summed E-state index contributed by atoms with van der Waals surface area (Å²) in [5, 5.41) is 31.9. The Labute approximate surface area is 217 Å². The average Bonchev–Trinajstić information content (AvgIpc) is 2.93. The summed E-state index contributed by atoms with van der Waals surface area (Å²) < 4.78 is 0. The van der Waals surface area contributed by atoms with Crippen molar-refractivity contribution >= 4 is 45.8 Å². The molecule has 4 N–H and O–H groups in total. The maximum Gasteiger partial charge on any atom is 0.271 e. The van der Waals surface area contributed by atoms with E-state index >= 15 is 0 Å². The van der Waals surface area contributed by atoms with E-state index in [4.69, 9.17) is 0 Å². The minimum absolute atomic E-state index is 0.0514. The fourth-order valence-electron chi connectivity index (χ4n) is 3.92. The highest BCUT2D eigenvalue weighted by Crippen LogP contribution is 2.24. The van der Waals surface area contributed by atoms with Crippen LogP contribution in [0.25, 0.3) is 21.5 Å². The van der Waals surface area contributed by atoms with Crippen LogP contribution in [0.15, 0.2) is 107 Å². The van der Waals surface area contributed by atoms with E-state index in [1.54, 1.807) is 24.3 Å². The van der Waals surface area contributed by atoms with E-state index in [0.717, 1.165) is 21.5 Å². The molecule has 0 aliphatic heterocycles. The topological polar surface area (TPSA) is 123 Å². The highest BCUT2D eigenvalue weighted by atomic mass is 16.3.